The van der Waals surface area contributed by atoms with Crippen LogP contribution in [0.2, 0.25) is 0 Å². The van der Waals surface area contributed by atoms with Crippen LogP contribution in [0.25, 0.3) is 0 Å². The first-order valence-corrected chi connectivity index (χ1v) is 7.15. The largest absolute Gasteiger partial charge is 0.497 e. The Labute approximate surface area is 127 Å². The number of rotatable bonds is 4. The van der Waals surface area contributed by atoms with Crippen molar-refractivity contribution in [1.29, 1.82) is 0 Å². The number of fused-ring (bicyclic) bond motifs is 1. The lowest BCUT2D eigenvalue weighted by Crippen LogP contribution is -2.18. The van der Waals surface area contributed by atoms with E-state index >= 15 is 0 Å². The fourth-order valence-electron chi connectivity index (χ4n) is 2.79. The molecule has 0 atom stereocenters. The normalized spacial score (nSPS) is 13.8. The fraction of sp³-hybridized carbons (Fsp3) is 0.312. The number of hydrogen-bond acceptors (Lipinski definition) is 4. The number of hydrogen-bond donors (Lipinski definition) is 1. The van der Waals surface area contributed by atoms with Crippen molar-refractivity contribution in [2.75, 3.05) is 7.11 Å². The second-order valence-electron chi connectivity index (χ2n) is 5.32. The minimum atomic E-state index is -0.653. The summed E-state index contributed by atoms with van der Waals surface area (Å²) in [6.45, 7) is 0.493. The van der Waals surface area contributed by atoms with Crippen molar-refractivity contribution in [3.8, 4) is 5.75 Å². The van der Waals surface area contributed by atoms with Crippen molar-refractivity contribution in [3.63, 3.8) is 0 Å². The second kappa shape index (κ2) is 5.63. The highest BCUT2D eigenvalue weighted by Gasteiger charge is 2.29. The molecule has 0 bridgehead atoms. The smallest absolute Gasteiger partial charge is 0.269 e. The van der Waals surface area contributed by atoms with E-state index in [0.717, 1.165) is 29.8 Å². The third-order valence-electron chi connectivity index (χ3n) is 3.88. The zero-order chi connectivity index (χ0) is 15.7. The number of benzene rings is 1. The topological polar surface area (TPSA) is 87.2 Å². The summed E-state index contributed by atoms with van der Waals surface area (Å²) in [6.07, 6.45) is 1.96. The molecule has 1 heterocycles. The van der Waals surface area contributed by atoms with Gasteiger partial charge in [-0.1, -0.05) is 12.1 Å². The van der Waals surface area contributed by atoms with Gasteiger partial charge in [-0.15, -0.1) is 0 Å². The third kappa shape index (κ3) is 2.47. The van der Waals surface area contributed by atoms with Crippen molar-refractivity contribution in [1.82, 2.24) is 9.78 Å². The lowest BCUT2D eigenvalue weighted by Gasteiger charge is -2.13. The third-order valence-corrected chi connectivity index (χ3v) is 3.88. The van der Waals surface area contributed by atoms with Gasteiger partial charge in [0.15, 0.2) is 11.5 Å². The molecule has 0 saturated carbocycles. The summed E-state index contributed by atoms with van der Waals surface area (Å²) in [5.41, 5.74) is 7.68. The Balaban J connectivity index is 1.98. The lowest BCUT2D eigenvalue weighted by atomic mass is 9.94. The molecule has 0 fully saturated rings. The van der Waals surface area contributed by atoms with Gasteiger partial charge in [-0.05, 0) is 30.5 Å². The van der Waals surface area contributed by atoms with Crippen LogP contribution in [0.5, 0.6) is 5.75 Å². The van der Waals surface area contributed by atoms with Crippen LogP contribution in [0.1, 0.15) is 44.9 Å². The van der Waals surface area contributed by atoms with Crippen LogP contribution in [0.15, 0.2) is 24.3 Å². The first-order valence-electron chi connectivity index (χ1n) is 7.15. The summed E-state index contributed by atoms with van der Waals surface area (Å²) >= 11 is 0. The van der Waals surface area contributed by atoms with Gasteiger partial charge in [0.25, 0.3) is 5.91 Å². The van der Waals surface area contributed by atoms with Crippen LogP contribution < -0.4 is 10.5 Å². The zero-order valence-corrected chi connectivity index (χ0v) is 12.3. The van der Waals surface area contributed by atoms with Crippen LogP contribution in [-0.2, 0) is 13.0 Å². The highest BCUT2D eigenvalue weighted by molar-refractivity contribution is 6.07. The van der Waals surface area contributed by atoms with E-state index in [1.54, 1.807) is 11.8 Å². The zero-order valence-electron chi connectivity index (χ0n) is 12.3. The number of nitrogens with zero attached hydrogens (tertiary/aromatic N) is 2. The number of ether oxygens (including phenoxy) is 1. The van der Waals surface area contributed by atoms with Crippen molar-refractivity contribution in [2.45, 2.75) is 25.8 Å². The highest BCUT2D eigenvalue weighted by Crippen LogP contribution is 2.25. The fourth-order valence-corrected chi connectivity index (χ4v) is 2.79. The molecule has 2 N–H and O–H groups in total. The van der Waals surface area contributed by atoms with Gasteiger partial charge in [0.05, 0.1) is 24.9 Å². The van der Waals surface area contributed by atoms with E-state index in [0.29, 0.717) is 18.5 Å². The van der Waals surface area contributed by atoms with E-state index < -0.39 is 5.91 Å². The first-order chi connectivity index (χ1) is 10.6. The number of ketones is 1. The quantitative estimate of drug-likeness (QED) is 0.928. The summed E-state index contributed by atoms with van der Waals surface area (Å²) in [5.74, 6) is 0.0789. The molecule has 0 spiro atoms. The molecule has 114 valence electrons. The lowest BCUT2D eigenvalue weighted by molar-refractivity contribution is 0.0948. The summed E-state index contributed by atoms with van der Waals surface area (Å²) < 4.78 is 6.85. The Hall–Kier alpha value is -2.63. The molecular formula is C16H17N3O3. The van der Waals surface area contributed by atoms with Gasteiger partial charge in [0, 0.05) is 6.42 Å². The molecule has 2 aromatic rings. The second-order valence-corrected chi connectivity index (χ2v) is 5.32. The van der Waals surface area contributed by atoms with E-state index in [1.807, 2.05) is 24.3 Å². The van der Waals surface area contributed by atoms with Gasteiger partial charge < -0.3 is 10.5 Å². The molecule has 1 aromatic heterocycles. The highest BCUT2D eigenvalue weighted by atomic mass is 16.5. The van der Waals surface area contributed by atoms with E-state index in [9.17, 15) is 9.59 Å². The molecule has 0 aliphatic heterocycles. The first kappa shape index (κ1) is 14.3. The van der Waals surface area contributed by atoms with Crippen LogP contribution in [0.4, 0.5) is 0 Å². The molecule has 1 aromatic carbocycles. The van der Waals surface area contributed by atoms with Gasteiger partial charge >= 0.3 is 0 Å². The van der Waals surface area contributed by atoms with Crippen LogP contribution in [-0.4, -0.2) is 28.6 Å². The maximum absolute atomic E-state index is 12.1. The minimum absolute atomic E-state index is 0.0453. The van der Waals surface area contributed by atoms with Gasteiger partial charge in [0.1, 0.15) is 5.75 Å². The molecule has 22 heavy (non-hydrogen) atoms. The van der Waals surface area contributed by atoms with Crippen LogP contribution in [0.3, 0.4) is 0 Å². The SMILES string of the molecule is COc1ccc(Cn2nc(C(N)=O)c3c2CCCC3=O)cc1. The summed E-state index contributed by atoms with van der Waals surface area (Å²) in [4.78, 5) is 23.6. The number of aromatic nitrogens is 2. The molecule has 0 radical (unpaired) electrons. The predicted molar refractivity (Wildman–Crippen MR) is 80.1 cm³/mol. The van der Waals surface area contributed by atoms with Gasteiger partial charge in [0.2, 0.25) is 0 Å². The van der Waals surface area contributed by atoms with Crippen molar-refractivity contribution >= 4 is 11.7 Å². The number of methoxy groups -OCH3 is 1. The standard InChI is InChI=1S/C16H17N3O3/c1-22-11-7-5-10(6-8-11)9-19-12-3-2-4-13(20)14(12)15(18-19)16(17)21/h5-8H,2-4,9H2,1H3,(H2,17,21). The van der Waals surface area contributed by atoms with E-state index in [-0.39, 0.29) is 11.5 Å². The molecule has 3 rings (SSSR count). The Morgan fingerprint density at radius 3 is 2.68 bits per heavy atom. The van der Waals surface area contributed by atoms with E-state index in [1.165, 1.54) is 0 Å². The van der Waals surface area contributed by atoms with Crippen molar-refractivity contribution in [2.24, 2.45) is 5.73 Å². The van der Waals surface area contributed by atoms with E-state index in [2.05, 4.69) is 5.10 Å². The van der Waals surface area contributed by atoms with Crippen LogP contribution in [0, 0.1) is 0 Å². The Bertz CT molecular complexity index is 732. The Morgan fingerprint density at radius 1 is 1.32 bits per heavy atom. The minimum Gasteiger partial charge on any atom is -0.497 e. The predicted octanol–water partition coefficient (Wildman–Crippen LogP) is 1.56. The van der Waals surface area contributed by atoms with Gasteiger partial charge in [-0.3, -0.25) is 14.3 Å². The van der Waals surface area contributed by atoms with Crippen LogP contribution >= 0.6 is 0 Å². The van der Waals surface area contributed by atoms with E-state index in [4.69, 9.17) is 10.5 Å². The molecule has 6 heteroatoms. The summed E-state index contributed by atoms with van der Waals surface area (Å²) in [5, 5.41) is 4.27. The van der Waals surface area contributed by atoms with Crippen molar-refractivity contribution < 1.29 is 14.3 Å². The van der Waals surface area contributed by atoms with Gasteiger partial charge in [-0.25, -0.2) is 0 Å². The van der Waals surface area contributed by atoms with Gasteiger partial charge in [-0.2, -0.15) is 5.10 Å². The monoisotopic (exact) mass is 299 g/mol. The number of carbonyl (C=O) groups is 2. The molecule has 0 saturated heterocycles. The average molecular weight is 299 g/mol. The molecule has 6 nitrogen and oxygen atoms in total. The maximum Gasteiger partial charge on any atom is 0.269 e. The maximum atomic E-state index is 12.1. The molecule has 0 unspecified atom stereocenters. The average Bonchev–Trinajstić information content (AvgIpc) is 2.89. The Morgan fingerprint density at radius 2 is 2.05 bits per heavy atom. The molecular weight excluding hydrogens is 282 g/mol. The number of amides is 1. The number of carbonyl (C=O) groups excluding carboxylic acids is 2. The number of Topliss-reactive ketones (excluding diaryl/α,β-unsaturated/α-hetero) is 1. The summed E-state index contributed by atoms with van der Waals surface area (Å²) in [7, 11) is 1.61. The Kier molecular flexibility index (Phi) is 3.66. The number of nitrogens with two attached hydrogens (primary N) is 1. The molecule has 1 aliphatic carbocycles. The van der Waals surface area contributed by atoms with Crippen molar-refractivity contribution in [3.05, 3.63) is 46.8 Å². The number of primary amides is 1. The summed E-state index contributed by atoms with van der Waals surface area (Å²) in [6, 6.07) is 7.60. The molecule has 1 aliphatic rings. The molecule has 1 amide bonds.